The number of hydrogen-bond acceptors (Lipinski definition) is 10. The van der Waals surface area contributed by atoms with Crippen LogP contribution in [0.5, 0.6) is 0 Å². The molecule has 0 aliphatic carbocycles. The molecule has 292 valence electrons. The molecule has 0 bridgehead atoms. The van der Waals surface area contributed by atoms with Crippen LogP contribution in [-0.2, 0) is 29.9 Å². The van der Waals surface area contributed by atoms with Crippen LogP contribution in [-0.4, -0.2) is 104 Å². The minimum Gasteiger partial charge on any atom is -0.384 e. The van der Waals surface area contributed by atoms with E-state index < -0.39 is 17.3 Å². The summed E-state index contributed by atoms with van der Waals surface area (Å²) in [7, 11) is 0. The highest BCUT2D eigenvalue weighted by Crippen LogP contribution is 2.39. The number of nitrogen functional groups attached to an aromatic ring is 1. The van der Waals surface area contributed by atoms with Crippen LogP contribution in [0.15, 0.2) is 77.9 Å². The molecule has 0 saturated carbocycles. The summed E-state index contributed by atoms with van der Waals surface area (Å²) in [4.78, 5) is 38.3. The fourth-order valence-electron chi connectivity index (χ4n) is 6.51. The molecule has 0 spiro atoms. The van der Waals surface area contributed by atoms with E-state index in [4.69, 9.17) is 24.7 Å². The van der Waals surface area contributed by atoms with E-state index in [2.05, 4.69) is 9.97 Å². The molecule has 0 atom stereocenters. The fraction of sp³-hybridized carbons (Fsp3) is 0.400. The molecule has 12 nitrogen and oxygen atoms in total. The van der Waals surface area contributed by atoms with Gasteiger partial charge in [0.15, 0.2) is 0 Å². The highest BCUT2D eigenvalue weighted by molar-refractivity contribution is 6.05. The highest BCUT2D eigenvalue weighted by atomic mass is 19.4. The zero-order valence-corrected chi connectivity index (χ0v) is 30.7. The maximum Gasteiger partial charge on any atom is 0.418 e. The molecule has 6 rings (SSSR count). The van der Waals surface area contributed by atoms with Crippen LogP contribution in [0.3, 0.4) is 0 Å². The smallest absolute Gasteiger partial charge is 0.384 e. The number of carbonyl (C=O) groups excluding carboxylic acids is 1. The fourth-order valence-corrected chi connectivity index (χ4v) is 6.51. The lowest BCUT2D eigenvalue weighted by atomic mass is 10.0. The van der Waals surface area contributed by atoms with Crippen LogP contribution in [0.4, 0.5) is 24.7 Å². The van der Waals surface area contributed by atoms with Gasteiger partial charge in [-0.25, -0.2) is 4.98 Å². The van der Waals surface area contributed by atoms with Crippen molar-refractivity contribution in [2.24, 2.45) is 0 Å². The second-order valence-electron chi connectivity index (χ2n) is 13.0. The lowest BCUT2D eigenvalue weighted by Gasteiger charge is -2.37. The van der Waals surface area contributed by atoms with Gasteiger partial charge in [-0.15, -0.1) is 0 Å². The van der Waals surface area contributed by atoms with Gasteiger partial charge in [0.1, 0.15) is 5.82 Å². The molecule has 1 aliphatic rings. The molecule has 1 saturated heterocycles. The normalized spacial score (nSPS) is 13.6. The molecule has 2 N–H and O–H groups in total. The Morgan fingerprint density at radius 2 is 1.44 bits per heavy atom. The molecule has 0 radical (unpaired) electrons. The van der Waals surface area contributed by atoms with Crippen molar-refractivity contribution >= 4 is 39.2 Å². The van der Waals surface area contributed by atoms with Gasteiger partial charge in [-0.1, -0.05) is 13.0 Å². The van der Waals surface area contributed by atoms with Crippen molar-refractivity contribution in [1.82, 2.24) is 19.4 Å². The summed E-state index contributed by atoms with van der Waals surface area (Å²) in [5.74, 6) is 0.240. The number of nitrogens with two attached hydrogens (primary N) is 1. The maximum atomic E-state index is 14.8. The minimum absolute atomic E-state index is 0.0140. The third-order valence-corrected chi connectivity index (χ3v) is 9.28. The summed E-state index contributed by atoms with van der Waals surface area (Å²) >= 11 is 0. The number of anilines is 2. The van der Waals surface area contributed by atoms with Gasteiger partial charge in [-0.3, -0.25) is 19.1 Å². The molecule has 15 heteroatoms. The van der Waals surface area contributed by atoms with Gasteiger partial charge in [0.2, 0.25) is 5.91 Å². The van der Waals surface area contributed by atoms with Crippen LogP contribution >= 0.6 is 0 Å². The number of hydrogen-bond donors (Lipinski definition) is 1. The Bertz CT molecular complexity index is 2120. The first kappa shape index (κ1) is 39.6. The van der Waals surface area contributed by atoms with E-state index >= 15 is 0 Å². The molecule has 1 amide bonds. The number of halogens is 3. The molecular weight excluding hydrogens is 717 g/mol. The Balaban J connectivity index is 1.10. The van der Waals surface area contributed by atoms with Crippen molar-refractivity contribution in [3.05, 3.63) is 89.0 Å². The van der Waals surface area contributed by atoms with Gasteiger partial charge in [0.25, 0.3) is 5.56 Å². The van der Waals surface area contributed by atoms with Gasteiger partial charge in [-0.2, -0.15) is 13.2 Å². The van der Waals surface area contributed by atoms with Gasteiger partial charge < -0.3 is 34.5 Å². The Morgan fingerprint density at radius 3 is 2.09 bits per heavy atom. The van der Waals surface area contributed by atoms with E-state index in [9.17, 15) is 22.8 Å². The number of benzene rings is 2. The number of nitrogens with zero attached hydrogens (tertiary/aromatic N) is 5. The van der Waals surface area contributed by atoms with Crippen LogP contribution < -0.4 is 16.2 Å². The lowest BCUT2D eigenvalue weighted by Crippen LogP contribution is -2.49. The summed E-state index contributed by atoms with van der Waals surface area (Å²) < 4.78 is 67.4. The van der Waals surface area contributed by atoms with Crippen LogP contribution in [0.25, 0.3) is 38.6 Å². The SMILES string of the molecule is CCCOCCOCCOCCOCCC(=O)N1CCN(c2ccc(-n3c(=O)ccc4cnc5ccc(-c6ccc(N)nc6)cc5c43)cc2C(F)(F)F)CC1. The number of rotatable bonds is 17. The molecule has 0 unspecified atom stereocenters. The predicted octanol–water partition coefficient (Wildman–Crippen LogP) is 5.72. The quantitative estimate of drug-likeness (QED) is 0.0927. The molecule has 1 fully saturated rings. The van der Waals surface area contributed by atoms with E-state index in [1.165, 1.54) is 22.8 Å². The zero-order valence-electron chi connectivity index (χ0n) is 30.7. The Morgan fingerprint density at radius 1 is 0.764 bits per heavy atom. The number of fused-ring (bicyclic) bond motifs is 3. The zero-order chi connectivity index (χ0) is 38.8. The first-order valence-corrected chi connectivity index (χ1v) is 18.4. The second kappa shape index (κ2) is 18.5. The van der Waals surface area contributed by atoms with Crippen molar-refractivity contribution in [2.45, 2.75) is 25.9 Å². The minimum atomic E-state index is -4.72. The highest BCUT2D eigenvalue weighted by Gasteiger charge is 2.36. The van der Waals surface area contributed by atoms with Gasteiger partial charge in [0, 0.05) is 73.3 Å². The van der Waals surface area contributed by atoms with Crippen LogP contribution in [0, 0.1) is 0 Å². The number of amides is 1. The molecule has 3 aromatic heterocycles. The maximum absolute atomic E-state index is 14.8. The number of aromatic nitrogens is 3. The summed E-state index contributed by atoms with van der Waals surface area (Å²) in [5.41, 5.74) is 7.02. The molecule has 2 aromatic carbocycles. The topological polar surface area (TPSA) is 134 Å². The summed E-state index contributed by atoms with van der Waals surface area (Å²) in [6.45, 7) is 6.59. The van der Waals surface area contributed by atoms with Crippen molar-refractivity contribution in [1.29, 1.82) is 0 Å². The monoisotopic (exact) mass is 762 g/mol. The number of pyridine rings is 3. The van der Waals surface area contributed by atoms with E-state index in [0.29, 0.717) is 67.3 Å². The van der Waals surface area contributed by atoms with E-state index in [0.717, 1.165) is 30.2 Å². The van der Waals surface area contributed by atoms with Gasteiger partial charge >= 0.3 is 6.18 Å². The van der Waals surface area contributed by atoms with Crippen molar-refractivity contribution < 1.29 is 36.9 Å². The molecule has 1 aliphatic heterocycles. The molecular formula is C40H45F3N6O6. The lowest BCUT2D eigenvalue weighted by molar-refractivity contribution is -0.137. The average Bonchev–Trinajstić information content (AvgIpc) is 3.19. The molecule has 5 aromatic rings. The molecule has 4 heterocycles. The average molecular weight is 763 g/mol. The van der Waals surface area contributed by atoms with Crippen LogP contribution in [0.1, 0.15) is 25.3 Å². The number of carbonyl (C=O) groups is 1. The van der Waals surface area contributed by atoms with E-state index in [-0.39, 0.29) is 56.5 Å². The first-order valence-electron chi connectivity index (χ1n) is 18.4. The number of alkyl halides is 3. The third kappa shape index (κ3) is 9.97. The summed E-state index contributed by atoms with van der Waals surface area (Å²) in [6.07, 6.45) is -0.360. The van der Waals surface area contributed by atoms with Crippen LogP contribution in [0.2, 0.25) is 0 Å². The van der Waals surface area contributed by atoms with E-state index in [1.807, 2.05) is 25.1 Å². The third-order valence-electron chi connectivity index (χ3n) is 9.28. The largest absolute Gasteiger partial charge is 0.418 e. The van der Waals surface area contributed by atoms with Crippen molar-refractivity contribution in [2.75, 3.05) is 89.7 Å². The Hall–Kier alpha value is -5.09. The predicted molar refractivity (Wildman–Crippen MR) is 204 cm³/mol. The summed E-state index contributed by atoms with van der Waals surface area (Å²) in [5, 5.41) is 1.17. The second-order valence-corrected chi connectivity index (χ2v) is 13.0. The number of piperazine rings is 1. The standard InChI is InChI=1S/C40H45F3N6O6/c1-2-16-52-18-20-54-22-23-55-21-19-53-17-11-37(50)48-14-12-47(13-15-48)35-8-6-31(25-33(35)40(41,42)43)49-38(51)10-5-30-27-45-34-7-3-28(24-32(34)39(30)49)29-4-9-36(44)46-26-29/h3-10,24-27H,2,11-23H2,1H3,(H2,44,46). The van der Waals surface area contributed by atoms with E-state index in [1.54, 1.807) is 40.4 Å². The number of ether oxygens (including phenoxy) is 4. The Kier molecular flexibility index (Phi) is 13.3. The van der Waals surface area contributed by atoms with Crippen molar-refractivity contribution in [3.8, 4) is 16.8 Å². The van der Waals surface area contributed by atoms with Crippen molar-refractivity contribution in [3.63, 3.8) is 0 Å². The van der Waals surface area contributed by atoms with Gasteiger partial charge in [0.05, 0.1) is 75.0 Å². The first-order chi connectivity index (χ1) is 26.6. The summed E-state index contributed by atoms with van der Waals surface area (Å²) in [6, 6.07) is 15.9. The van der Waals surface area contributed by atoms with Gasteiger partial charge in [-0.05, 0) is 60.5 Å². The molecule has 55 heavy (non-hydrogen) atoms. The Labute approximate surface area is 316 Å².